The number of H-pyrrole nitrogens is 1. The summed E-state index contributed by atoms with van der Waals surface area (Å²) < 4.78 is 0. The highest BCUT2D eigenvalue weighted by Gasteiger charge is 2.23. The lowest BCUT2D eigenvalue weighted by Gasteiger charge is -2.24. The van der Waals surface area contributed by atoms with Gasteiger partial charge in [0, 0.05) is 17.1 Å². The van der Waals surface area contributed by atoms with Crippen LogP contribution in [0.5, 0.6) is 0 Å². The minimum atomic E-state index is 0.132. The van der Waals surface area contributed by atoms with Crippen molar-refractivity contribution in [2.75, 3.05) is 6.54 Å². The quantitative estimate of drug-likeness (QED) is 0.833. The molecule has 92 valence electrons. The first-order chi connectivity index (χ1) is 7.95. The number of aromatic amines is 1. The fraction of sp³-hybridized carbons (Fsp3) is 0.467. The van der Waals surface area contributed by atoms with Gasteiger partial charge in [0.2, 0.25) is 0 Å². The molecule has 0 aliphatic carbocycles. The summed E-state index contributed by atoms with van der Waals surface area (Å²) >= 11 is 0. The lowest BCUT2D eigenvalue weighted by Crippen LogP contribution is -2.21. The third kappa shape index (κ3) is 2.09. The molecule has 0 bridgehead atoms. The van der Waals surface area contributed by atoms with E-state index < -0.39 is 0 Å². The van der Waals surface area contributed by atoms with E-state index in [2.05, 4.69) is 51.0 Å². The van der Waals surface area contributed by atoms with Gasteiger partial charge in [0.15, 0.2) is 0 Å². The van der Waals surface area contributed by atoms with Gasteiger partial charge in [-0.25, -0.2) is 0 Å². The van der Waals surface area contributed by atoms with Gasteiger partial charge in [-0.2, -0.15) is 0 Å². The third-order valence-electron chi connectivity index (χ3n) is 3.62. The van der Waals surface area contributed by atoms with Crippen LogP contribution in [0.4, 0.5) is 0 Å². The molecule has 3 N–H and O–H groups in total. The molecule has 1 aromatic heterocycles. The van der Waals surface area contributed by atoms with Gasteiger partial charge in [-0.15, -0.1) is 0 Å². The average molecular weight is 230 g/mol. The van der Waals surface area contributed by atoms with Gasteiger partial charge in [-0.3, -0.25) is 0 Å². The second kappa shape index (κ2) is 4.19. The zero-order valence-electron chi connectivity index (χ0n) is 11.2. The maximum atomic E-state index is 5.72. The molecule has 0 saturated heterocycles. The fourth-order valence-corrected chi connectivity index (χ4v) is 2.69. The lowest BCUT2D eigenvalue weighted by molar-refractivity contribution is 0.491. The fourth-order valence-electron chi connectivity index (χ4n) is 2.69. The summed E-state index contributed by atoms with van der Waals surface area (Å²) in [6.07, 6.45) is 3.15. The van der Waals surface area contributed by atoms with Gasteiger partial charge in [-0.1, -0.05) is 19.9 Å². The van der Waals surface area contributed by atoms with Crippen LogP contribution in [0.3, 0.4) is 0 Å². The zero-order valence-corrected chi connectivity index (χ0v) is 11.2. The predicted octanol–water partition coefficient (Wildman–Crippen LogP) is 3.41. The van der Waals surface area contributed by atoms with Gasteiger partial charge in [0.05, 0.1) is 0 Å². The lowest BCUT2D eigenvalue weighted by atomic mass is 9.80. The number of rotatable bonds is 3. The van der Waals surface area contributed by atoms with E-state index in [0.717, 1.165) is 13.0 Å². The van der Waals surface area contributed by atoms with Crippen molar-refractivity contribution in [1.82, 2.24) is 4.98 Å². The summed E-state index contributed by atoms with van der Waals surface area (Å²) in [4.78, 5) is 3.39. The summed E-state index contributed by atoms with van der Waals surface area (Å²) in [5, 5.41) is 1.37. The Kier molecular flexibility index (Phi) is 3.00. The van der Waals surface area contributed by atoms with Crippen molar-refractivity contribution in [2.45, 2.75) is 39.5 Å². The van der Waals surface area contributed by atoms with Gasteiger partial charge < -0.3 is 10.7 Å². The molecule has 0 amide bonds. The van der Waals surface area contributed by atoms with Crippen molar-refractivity contribution in [3.63, 3.8) is 0 Å². The van der Waals surface area contributed by atoms with Gasteiger partial charge >= 0.3 is 0 Å². The summed E-state index contributed by atoms with van der Waals surface area (Å²) in [5.41, 5.74) is 11.1. The van der Waals surface area contributed by atoms with Gasteiger partial charge in [0.25, 0.3) is 0 Å². The second-order valence-corrected chi connectivity index (χ2v) is 5.63. The Morgan fingerprint density at radius 3 is 2.59 bits per heavy atom. The Bertz CT molecular complexity index is 535. The number of hydrogen-bond donors (Lipinski definition) is 2. The highest BCUT2D eigenvalue weighted by molar-refractivity contribution is 5.88. The molecule has 1 heterocycles. The Hall–Kier alpha value is -1.28. The van der Waals surface area contributed by atoms with Crippen LogP contribution in [0.2, 0.25) is 0 Å². The Morgan fingerprint density at radius 2 is 1.94 bits per heavy atom. The van der Waals surface area contributed by atoms with E-state index in [1.165, 1.54) is 27.6 Å². The highest BCUT2D eigenvalue weighted by atomic mass is 14.7. The number of fused-ring (bicyclic) bond motifs is 1. The Morgan fingerprint density at radius 1 is 1.24 bits per heavy atom. The molecule has 2 heteroatoms. The number of nitrogens with one attached hydrogen (secondary N) is 1. The van der Waals surface area contributed by atoms with Crippen LogP contribution in [0.15, 0.2) is 18.3 Å². The molecule has 2 rings (SSSR count). The van der Waals surface area contributed by atoms with Crippen LogP contribution < -0.4 is 5.73 Å². The molecule has 2 nitrogen and oxygen atoms in total. The van der Waals surface area contributed by atoms with Crippen LogP contribution in [0.1, 0.15) is 37.0 Å². The molecule has 0 aliphatic heterocycles. The van der Waals surface area contributed by atoms with Crippen molar-refractivity contribution in [1.29, 1.82) is 0 Å². The first-order valence-corrected chi connectivity index (χ1v) is 6.24. The molecular formula is C15H22N2. The summed E-state index contributed by atoms with van der Waals surface area (Å²) in [6.45, 7) is 9.58. The minimum absolute atomic E-state index is 0.132. The number of aryl methyl sites for hydroxylation is 2. The molecule has 0 fully saturated rings. The molecule has 0 saturated carbocycles. The molecular weight excluding hydrogens is 208 g/mol. The summed E-state index contributed by atoms with van der Waals surface area (Å²) in [7, 11) is 0. The maximum Gasteiger partial charge on any atom is 0.0462 e. The molecule has 0 aliphatic rings. The number of hydrogen-bond acceptors (Lipinski definition) is 1. The summed E-state index contributed by atoms with van der Waals surface area (Å²) in [6, 6.07) is 4.46. The first kappa shape index (κ1) is 12.2. The molecule has 2 aromatic rings. The summed E-state index contributed by atoms with van der Waals surface area (Å²) in [5.74, 6) is 0. The normalized spacial score (nSPS) is 12.3. The largest absolute Gasteiger partial charge is 0.361 e. The standard InChI is InChI=1S/C15H22N2/c1-10-7-11(2)14-12(9-17-13(14)8-10)15(3,4)5-6-16/h7-9,17H,5-6,16H2,1-4H3. The second-order valence-electron chi connectivity index (χ2n) is 5.63. The van der Waals surface area contributed by atoms with Crippen molar-refractivity contribution < 1.29 is 0 Å². The van der Waals surface area contributed by atoms with Crippen LogP contribution in [-0.4, -0.2) is 11.5 Å². The molecule has 0 unspecified atom stereocenters. The van der Waals surface area contributed by atoms with Crippen molar-refractivity contribution in [2.24, 2.45) is 5.73 Å². The third-order valence-corrected chi connectivity index (χ3v) is 3.62. The zero-order chi connectivity index (χ0) is 12.6. The van der Waals surface area contributed by atoms with Crippen LogP contribution in [-0.2, 0) is 5.41 Å². The molecule has 0 spiro atoms. The van der Waals surface area contributed by atoms with E-state index in [4.69, 9.17) is 5.73 Å². The van der Waals surface area contributed by atoms with E-state index in [1.54, 1.807) is 0 Å². The molecule has 0 atom stereocenters. The smallest absolute Gasteiger partial charge is 0.0462 e. The number of benzene rings is 1. The SMILES string of the molecule is Cc1cc(C)c2c(C(C)(C)CCN)c[nH]c2c1. The van der Waals surface area contributed by atoms with E-state index in [1.807, 2.05) is 0 Å². The number of nitrogens with two attached hydrogens (primary N) is 1. The van der Waals surface area contributed by atoms with Crippen LogP contribution >= 0.6 is 0 Å². The molecule has 17 heavy (non-hydrogen) atoms. The van der Waals surface area contributed by atoms with E-state index in [0.29, 0.717) is 0 Å². The highest BCUT2D eigenvalue weighted by Crippen LogP contribution is 2.34. The van der Waals surface area contributed by atoms with Crippen LogP contribution in [0, 0.1) is 13.8 Å². The average Bonchev–Trinajstić information content (AvgIpc) is 2.61. The van der Waals surface area contributed by atoms with Crippen molar-refractivity contribution >= 4 is 10.9 Å². The van der Waals surface area contributed by atoms with Crippen LogP contribution in [0.25, 0.3) is 10.9 Å². The first-order valence-electron chi connectivity index (χ1n) is 6.24. The minimum Gasteiger partial charge on any atom is -0.361 e. The Labute approximate surface area is 103 Å². The molecule has 0 radical (unpaired) electrons. The van der Waals surface area contributed by atoms with Gasteiger partial charge in [-0.05, 0) is 55.0 Å². The monoisotopic (exact) mass is 230 g/mol. The van der Waals surface area contributed by atoms with E-state index in [-0.39, 0.29) is 5.41 Å². The Balaban J connectivity index is 2.64. The van der Waals surface area contributed by atoms with Crippen molar-refractivity contribution in [3.05, 3.63) is 35.0 Å². The van der Waals surface area contributed by atoms with Crippen molar-refractivity contribution in [3.8, 4) is 0 Å². The molecule has 1 aromatic carbocycles. The van der Waals surface area contributed by atoms with E-state index >= 15 is 0 Å². The maximum absolute atomic E-state index is 5.72. The predicted molar refractivity (Wildman–Crippen MR) is 74.5 cm³/mol. The topological polar surface area (TPSA) is 41.8 Å². The van der Waals surface area contributed by atoms with Gasteiger partial charge in [0.1, 0.15) is 0 Å². The van der Waals surface area contributed by atoms with E-state index in [9.17, 15) is 0 Å². The number of aromatic nitrogens is 1.